The van der Waals surface area contributed by atoms with Crippen LogP contribution in [-0.2, 0) is 4.79 Å². The lowest BCUT2D eigenvalue weighted by atomic mass is 9.96. The number of hydrogen-bond acceptors (Lipinski definition) is 3. The summed E-state index contributed by atoms with van der Waals surface area (Å²) in [6.07, 6.45) is 0. The first kappa shape index (κ1) is 11.9. The Morgan fingerprint density at radius 1 is 1.57 bits per heavy atom. The average molecular weight is 216 g/mol. The van der Waals surface area contributed by atoms with Gasteiger partial charge in [0, 0.05) is 25.2 Å². The second-order valence-electron chi connectivity index (χ2n) is 5.03. The normalized spacial score (nSPS) is 22.4. The molecule has 1 atom stereocenters. The highest BCUT2D eigenvalue weighted by atomic mass is 32.2. The van der Waals surface area contributed by atoms with E-state index in [-0.39, 0.29) is 17.4 Å². The van der Waals surface area contributed by atoms with E-state index in [2.05, 4.69) is 26.1 Å². The minimum atomic E-state index is 0.0346. The van der Waals surface area contributed by atoms with Crippen LogP contribution in [0.3, 0.4) is 0 Å². The summed E-state index contributed by atoms with van der Waals surface area (Å²) in [7, 11) is 1.89. The highest BCUT2D eigenvalue weighted by molar-refractivity contribution is 7.99. The maximum Gasteiger partial charge on any atom is 0.240 e. The molecule has 82 valence electrons. The van der Waals surface area contributed by atoms with Crippen molar-refractivity contribution >= 4 is 17.7 Å². The van der Waals surface area contributed by atoms with Gasteiger partial charge in [-0.2, -0.15) is 0 Å². The van der Waals surface area contributed by atoms with Crippen molar-refractivity contribution in [2.45, 2.75) is 26.8 Å². The van der Waals surface area contributed by atoms with Gasteiger partial charge in [-0.1, -0.05) is 20.8 Å². The van der Waals surface area contributed by atoms with Crippen LogP contribution in [0.2, 0.25) is 0 Å². The van der Waals surface area contributed by atoms with Crippen LogP contribution in [0, 0.1) is 5.41 Å². The molecule has 0 spiro atoms. The third-order valence-corrected chi connectivity index (χ3v) is 3.04. The molecule has 0 bridgehead atoms. The van der Waals surface area contributed by atoms with E-state index in [4.69, 9.17) is 0 Å². The zero-order chi connectivity index (χ0) is 10.8. The summed E-state index contributed by atoms with van der Waals surface area (Å²) in [5, 5.41) is 3.19. The zero-order valence-corrected chi connectivity index (χ0v) is 10.3. The summed E-state index contributed by atoms with van der Waals surface area (Å²) < 4.78 is 0. The van der Waals surface area contributed by atoms with E-state index >= 15 is 0 Å². The number of carbonyl (C=O) groups is 1. The number of carbonyl (C=O) groups excluding carboxylic acids is 1. The number of thioether (sulfide) groups is 1. The Morgan fingerprint density at radius 2 is 2.21 bits per heavy atom. The summed E-state index contributed by atoms with van der Waals surface area (Å²) in [6, 6.07) is 0.0346. The van der Waals surface area contributed by atoms with Gasteiger partial charge in [0.15, 0.2) is 0 Å². The number of rotatable bonds is 2. The Bertz CT molecular complexity index is 207. The number of nitrogens with one attached hydrogen (secondary N) is 1. The van der Waals surface area contributed by atoms with Crippen LogP contribution in [0.15, 0.2) is 0 Å². The fraction of sp³-hybridized carbons (Fsp3) is 0.900. The van der Waals surface area contributed by atoms with Crippen molar-refractivity contribution < 1.29 is 4.79 Å². The Kier molecular flexibility index (Phi) is 3.84. The molecule has 1 unspecified atom stereocenters. The van der Waals surface area contributed by atoms with Gasteiger partial charge in [0.25, 0.3) is 0 Å². The fourth-order valence-electron chi connectivity index (χ4n) is 1.61. The van der Waals surface area contributed by atoms with Crippen LogP contribution in [0.4, 0.5) is 0 Å². The van der Waals surface area contributed by atoms with Gasteiger partial charge in [0.1, 0.15) is 0 Å². The standard InChI is InChI=1S/C10H20N2OS/c1-10(2,3)6-12(4)9(13)8-5-14-7-11-8/h8,11H,5-7H2,1-4H3. The van der Waals surface area contributed by atoms with E-state index in [9.17, 15) is 4.79 Å². The predicted molar refractivity (Wildman–Crippen MR) is 61.3 cm³/mol. The van der Waals surface area contributed by atoms with Crippen molar-refractivity contribution in [3.05, 3.63) is 0 Å². The monoisotopic (exact) mass is 216 g/mol. The Labute approximate surface area is 90.6 Å². The molecular formula is C10H20N2OS. The molecule has 1 saturated heterocycles. The lowest BCUT2D eigenvalue weighted by Gasteiger charge is -2.28. The molecule has 1 aliphatic heterocycles. The molecule has 0 aliphatic carbocycles. The molecule has 1 N–H and O–H groups in total. The smallest absolute Gasteiger partial charge is 0.240 e. The molecule has 0 aromatic carbocycles. The number of nitrogens with zero attached hydrogens (tertiary/aromatic N) is 1. The Hall–Kier alpha value is -0.220. The summed E-state index contributed by atoms with van der Waals surface area (Å²) in [5.74, 6) is 2.04. The molecule has 1 heterocycles. The van der Waals surface area contributed by atoms with Crippen LogP contribution in [0.25, 0.3) is 0 Å². The largest absolute Gasteiger partial charge is 0.344 e. The van der Waals surface area contributed by atoms with Crippen LogP contribution >= 0.6 is 11.8 Å². The second kappa shape index (κ2) is 4.53. The molecule has 4 heteroatoms. The Morgan fingerprint density at radius 3 is 2.64 bits per heavy atom. The van der Waals surface area contributed by atoms with Gasteiger partial charge in [-0.3, -0.25) is 10.1 Å². The van der Waals surface area contributed by atoms with E-state index in [0.717, 1.165) is 18.2 Å². The second-order valence-corrected chi connectivity index (χ2v) is 6.06. The maximum absolute atomic E-state index is 11.9. The van der Waals surface area contributed by atoms with Gasteiger partial charge in [-0.15, -0.1) is 11.8 Å². The average Bonchev–Trinajstić information content (AvgIpc) is 2.51. The van der Waals surface area contributed by atoms with Gasteiger partial charge in [-0.25, -0.2) is 0 Å². The minimum Gasteiger partial charge on any atom is -0.344 e. The van der Waals surface area contributed by atoms with Gasteiger partial charge in [0.05, 0.1) is 6.04 Å². The van der Waals surface area contributed by atoms with Crippen molar-refractivity contribution in [3.63, 3.8) is 0 Å². The van der Waals surface area contributed by atoms with E-state index in [1.807, 2.05) is 11.9 Å². The number of likely N-dealkylation sites (N-methyl/N-ethyl adjacent to an activating group) is 1. The number of hydrogen-bond donors (Lipinski definition) is 1. The summed E-state index contributed by atoms with van der Waals surface area (Å²) in [4.78, 5) is 13.7. The molecule has 3 nitrogen and oxygen atoms in total. The molecule has 1 rings (SSSR count). The third-order valence-electron chi connectivity index (χ3n) is 2.10. The molecule has 0 aromatic rings. The van der Waals surface area contributed by atoms with E-state index in [1.54, 1.807) is 11.8 Å². The molecule has 0 saturated carbocycles. The topological polar surface area (TPSA) is 32.3 Å². The van der Waals surface area contributed by atoms with Gasteiger partial charge in [0.2, 0.25) is 5.91 Å². The SMILES string of the molecule is CN(CC(C)(C)C)C(=O)C1CSCN1. The third kappa shape index (κ3) is 3.50. The molecule has 0 aromatic heterocycles. The van der Waals surface area contributed by atoms with Crippen LogP contribution < -0.4 is 5.32 Å². The molecule has 0 radical (unpaired) electrons. The van der Waals surface area contributed by atoms with Gasteiger partial charge >= 0.3 is 0 Å². The molecule has 1 amide bonds. The first-order valence-electron chi connectivity index (χ1n) is 4.96. The van der Waals surface area contributed by atoms with E-state index < -0.39 is 0 Å². The fourth-order valence-corrected chi connectivity index (χ4v) is 2.54. The Balaban J connectivity index is 2.43. The molecule has 14 heavy (non-hydrogen) atoms. The lowest BCUT2D eigenvalue weighted by Crippen LogP contribution is -2.45. The highest BCUT2D eigenvalue weighted by Crippen LogP contribution is 2.17. The number of amides is 1. The van der Waals surface area contributed by atoms with Gasteiger partial charge < -0.3 is 4.90 Å². The quantitative estimate of drug-likeness (QED) is 0.751. The first-order valence-corrected chi connectivity index (χ1v) is 6.12. The molecule has 1 aliphatic rings. The molecular weight excluding hydrogens is 196 g/mol. The van der Waals surface area contributed by atoms with Crippen LogP contribution in [0.1, 0.15) is 20.8 Å². The van der Waals surface area contributed by atoms with Crippen molar-refractivity contribution in [1.82, 2.24) is 10.2 Å². The lowest BCUT2D eigenvalue weighted by molar-refractivity contribution is -0.132. The zero-order valence-electron chi connectivity index (χ0n) is 9.46. The van der Waals surface area contributed by atoms with E-state index in [0.29, 0.717) is 0 Å². The van der Waals surface area contributed by atoms with E-state index in [1.165, 1.54) is 0 Å². The van der Waals surface area contributed by atoms with Crippen LogP contribution in [-0.4, -0.2) is 42.1 Å². The van der Waals surface area contributed by atoms with Crippen molar-refractivity contribution in [2.75, 3.05) is 25.2 Å². The van der Waals surface area contributed by atoms with Crippen LogP contribution in [0.5, 0.6) is 0 Å². The highest BCUT2D eigenvalue weighted by Gasteiger charge is 2.27. The summed E-state index contributed by atoms with van der Waals surface area (Å²) >= 11 is 1.79. The van der Waals surface area contributed by atoms with Gasteiger partial charge in [-0.05, 0) is 5.41 Å². The maximum atomic E-state index is 11.9. The summed E-state index contributed by atoms with van der Waals surface area (Å²) in [6.45, 7) is 7.25. The van der Waals surface area contributed by atoms with Crippen molar-refractivity contribution in [1.29, 1.82) is 0 Å². The first-order chi connectivity index (χ1) is 6.40. The van der Waals surface area contributed by atoms with Crippen molar-refractivity contribution in [2.24, 2.45) is 5.41 Å². The minimum absolute atomic E-state index is 0.0346. The molecule has 1 fully saturated rings. The predicted octanol–water partition coefficient (Wildman–Crippen LogP) is 1.15. The van der Waals surface area contributed by atoms with Crippen molar-refractivity contribution in [3.8, 4) is 0 Å². The summed E-state index contributed by atoms with van der Waals surface area (Å²) in [5.41, 5.74) is 0.177.